The first-order valence-electron chi connectivity index (χ1n) is 8.52. The number of nitrogens with one attached hydrogen (secondary N) is 2. The van der Waals surface area contributed by atoms with Gasteiger partial charge in [0.25, 0.3) is 0 Å². The summed E-state index contributed by atoms with van der Waals surface area (Å²) in [6.45, 7) is 3.79. The number of halogens is 1. The summed E-state index contributed by atoms with van der Waals surface area (Å²) in [7, 11) is 0. The highest BCUT2D eigenvalue weighted by molar-refractivity contribution is 5.89. The number of urea groups is 1. The summed E-state index contributed by atoms with van der Waals surface area (Å²) in [5.74, 6) is 1.16. The molecule has 1 aliphatic rings. The van der Waals surface area contributed by atoms with Crippen LogP contribution in [0.1, 0.15) is 35.3 Å². The van der Waals surface area contributed by atoms with Gasteiger partial charge in [-0.05, 0) is 31.0 Å². The van der Waals surface area contributed by atoms with E-state index in [9.17, 15) is 9.18 Å². The number of aromatic nitrogens is 5. The van der Waals surface area contributed by atoms with Gasteiger partial charge < -0.3 is 9.84 Å². The van der Waals surface area contributed by atoms with Gasteiger partial charge in [-0.15, -0.1) is 5.10 Å². The van der Waals surface area contributed by atoms with E-state index in [1.807, 2.05) is 6.07 Å². The molecule has 0 radical (unpaired) electrons. The summed E-state index contributed by atoms with van der Waals surface area (Å²) >= 11 is 0. The fraction of sp³-hybridized carbons (Fsp3) is 0.353. The summed E-state index contributed by atoms with van der Waals surface area (Å²) in [4.78, 5) is 16.3. The van der Waals surface area contributed by atoms with Crippen LogP contribution in [0.3, 0.4) is 0 Å². The Morgan fingerprint density at radius 3 is 3.00 bits per heavy atom. The lowest BCUT2D eigenvalue weighted by Gasteiger charge is -2.06. The molecule has 0 unspecified atom stereocenters. The summed E-state index contributed by atoms with van der Waals surface area (Å²) in [6.07, 6.45) is 0.778. The van der Waals surface area contributed by atoms with Crippen LogP contribution in [-0.2, 0) is 6.54 Å². The van der Waals surface area contributed by atoms with Crippen LogP contribution in [-0.4, -0.2) is 37.2 Å². The van der Waals surface area contributed by atoms with Gasteiger partial charge in [0.15, 0.2) is 11.6 Å². The molecular weight excluding hydrogens is 353 g/mol. The molecule has 4 rings (SSSR count). The van der Waals surface area contributed by atoms with E-state index < -0.39 is 0 Å². The number of carbonyl (C=O) groups is 1. The van der Waals surface area contributed by atoms with Gasteiger partial charge in [0.2, 0.25) is 5.89 Å². The Bertz CT molecular complexity index is 983. The lowest BCUT2D eigenvalue weighted by molar-refractivity contribution is 0.251. The molecule has 1 aliphatic carbocycles. The number of hydrogen-bond acceptors (Lipinski definition) is 6. The second kappa shape index (κ2) is 6.78. The average molecular weight is 371 g/mol. The first-order valence-corrected chi connectivity index (χ1v) is 8.52. The largest absolute Gasteiger partial charge is 0.340 e. The van der Waals surface area contributed by atoms with Gasteiger partial charge >= 0.3 is 6.03 Å². The maximum atomic E-state index is 13.3. The number of anilines is 1. The molecule has 2 heterocycles. The summed E-state index contributed by atoms with van der Waals surface area (Å²) in [6, 6.07) is 6.05. The van der Waals surface area contributed by atoms with Crippen molar-refractivity contribution in [3.8, 4) is 0 Å². The van der Waals surface area contributed by atoms with E-state index in [0.717, 1.165) is 12.0 Å². The molecule has 2 amide bonds. The van der Waals surface area contributed by atoms with Crippen LogP contribution in [0.15, 0.2) is 28.8 Å². The Balaban J connectivity index is 1.34. The number of carbonyl (C=O) groups excluding carboxylic acids is 1. The van der Waals surface area contributed by atoms with E-state index in [1.54, 1.807) is 24.6 Å². The topological polar surface area (TPSA) is 111 Å². The van der Waals surface area contributed by atoms with Crippen LogP contribution < -0.4 is 10.6 Å². The predicted molar refractivity (Wildman–Crippen MR) is 92.6 cm³/mol. The third kappa shape index (κ3) is 3.78. The number of aryl methyl sites for hydroxylation is 1. The lowest BCUT2D eigenvalue weighted by atomic mass is 10.1. The van der Waals surface area contributed by atoms with Crippen molar-refractivity contribution in [1.29, 1.82) is 0 Å². The van der Waals surface area contributed by atoms with E-state index in [-0.39, 0.29) is 23.8 Å². The second-order valence-electron chi connectivity index (χ2n) is 6.51. The molecule has 3 aromatic rings. The Morgan fingerprint density at radius 1 is 1.41 bits per heavy atom. The molecule has 2 N–H and O–H groups in total. The standard InChI is InChI=1S/C17H18FN7O2/c1-9-16(22-24-25(9)8-15-19-10(2)27-23-15)21-17(26)20-14-7-13(14)11-4-3-5-12(18)6-11/h3-6,13-14H,7-8H2,1-2H3,(H2,20,21,26)/t13-,14+/m0/s1. The molecule has 1 saturated carbocycles. The maximum absolute atomic E-state index is 13.3. The van der Waals surface area contributed by atoms with E-state index in [0.29, 0.717) is 29.8 Å². The highest BCUT2D eigenvalue weighted by atomic mass is 19.1. The fourth-order valence-corrected chi connectivity index (χ4v) is 2.94. The normalized spacial score (nSPS) is 18.3. The van der Waals surface area contributed by atoms with Crippen molar-refractivity contribution in [3.63, 3.8) is 0 Å². The van der Waals surface area contributed by atoms with Crippen molar-refractivity contribution >= 4 is 11.8 Å². The highest BCUT2D eigenvalue weighted by Crippen LogP contribution is 2.40. The van der Waals surface area contributed by atoms with Crippen molar-refractivity contribution < 1.29 is 13.7 Å². The molecule has 0 bridgehead atoms. The lowest BCUT2D eigenvalue weighted by Crippen LogP contribution is -2.31. The van der Waals surface area contributed by atoms with Gasteiger partial charge in [0.1, 0.15) is 12.4 Å². The SMILES string of the molecule is Cc1nc(Cn2nnc(NC(=O)N[C@@H]3C[C@H]3c3cccc(F)c3)c2C)no1. The second-order valence-corrected chi connectivity index (χ2v) is 6.51. The molecule has 0 saturated heterocycles. The first kappa shape index (κ1) is 17.1. The van der Waals surface area contributed by atoms with E-state index in [1.165, 1.54) is 12.1 Å². The van der Waals surface area contributed by atoms with Crippen LogP contribution in [0.4, 0.5) is 15.0 Å². The van der Waals surface area contributed by atoms with Crippen LogP contribution in [0.5, 0.6) is 0 Å². The number of rotatable bonds is 5. The van der Waals surface area contributed by atoms with Crippen molar-refractivity contribution in [1.82, 2.24) is 30.5 Å². The number of nitrogens with zero attached hydrogens (tertiary/aromatic N) is 5. The quantitative estimate of drug-likeness (QED) is 0.711. The van der Waals surface area contributed by atoms with Crippen molar-refractivity contribution in [2.24, 2.45) is 0 Å². The highest BCUT2D eigenvalue weighted by Gasteiger charge is 2.39. The number of hydrogen-bond donors (Lipinski definition) is 2. The molecule has 10 heteroatoms. The molecule has 0 aliphatic heterocycles. The molecule has 0 spiro atoms. The van der Waals surface area contributed by atoms with E-state index in [4.69, 9.17) is 4.52 Å². The van der Waals surface area contributed by atoms with Crippen molar-refractivity contribution in [2.75, 3.05) is 5.32 Å². The molecule has 2 atom stereocenters. The molecule has 1 fully saturated rings. The molecule has 27 heavy (non-hydrogen) atoms. The summed E-state index contributed by atoms with van der Waals surface area (Å²) in [5.41, 5.74) is 1.56. The van der Waals surface area contributed by atoms with Crippen LogP contribution in [0, 0.1) is 19.7 Å². The molecule has 140 valence electrons. The van der Waals surface area contributed by atoms with Crippen LogP contribution in [0.2, 0.25) is 0 Å². The Labute approximate surface area is 154 Å². The minimum atomic E-state index is -0.371. The third-order valence-corrected chi connectivity index (χ3v) is 4.46. The summed E-state index contributed by atoms with van der Waals surface area (Å²) in [5, 5.41) is 17.4. The third-order valence-electron chi connectivity index (χ3n) is 4.46. The fourth-order valence-electron chi connectivity index (χ4n) is 2.94. The molecule has 1 aromatic carbocycles. The van der Waals surface area contributed by atoms with Crippen LogP contribution in [0.25, 0.3) is 0 Å². The average Bonchev–Trinajstić information content (AvgIpc) is 3.15. The van der Waals surface area contributed by atoms with Crippen molar-refractivity contribution in [2.45, 2.75) is 38.8 Å². The zero-order valence-corrected chi connectivity index (χ0v) is 14.8. The van der Waals surface area contributed by atoms with Gasteiger partial charge in [0.05, 0.1) is 5.69 Å². The smallest absolute Gasteiger partial charge is 0.320 e. The maximum Gasteiger partial charge on any atom is 0.320 e. The number of benzene rings is 1. The Kier molecular flexibility index (Phi) is 4.30. The summed E-state index contributed by atoms with van der Waals surface area (Å²) < 4.78 is 19.8. The molecular formula is C17H18FN7O2. The Hall–Kier alpha value is -3.30. The molecule has 2 aromatic heterocycles. The van der Waals surface area contributed by atoms with Gasteiger partial charge in [-0.25, -0.2) is 13.9 Å². The zero-order valence-electron chi connectivity index (χ0n) is 14.8. The first-order chi connectivity index (χ1) is 13.0. The van der Waals surface area contributed by atoms with Crippen molar-refractivity contribution in [3.05, 3.63) is 53.1 Å². The van der Waals surface area contributed by atoms with Gasteiger partial charge in [-0.2, -0.15) is 4.98 Å². The van der Waals surface area contributed by atoms with E-state index in [2.05, 4.69) is 31.1 Å². The Morgan fingerprint density at radius 2 is 2.26 bits per heavy atom. The minimum absolute atomic E-state index is 0.0237. The van der Waals surface area contributed by atoms with Gasteiger partial charge in [0, 0.05) is 18.9 Å². The zero-order chi connectivity index (χ0) is 19.0. The monoisotopic (exact) mass is 371 g/mol. The minimum Gasteiger partial charge on any atom is -0.340 e. The van der Waals surface area contributed by atoms with Gasteiger partial charge in [-0.1, -0.05) is 22.5 Å². The number of amides is 2. The molecule has 9 nitrogen and oxygen atoms in total. The van der Waals surface area contributed by atoms with Crippen LogP contribution >= 0.6 is 0 Å². The van der Waals surface area contributed by atoms with E-state index >= 15 is 0 Å². The predicted octanol–water partition coefficient (Wildman–Crippen LogP) is 2.14. The van der Waals surface area contributed by atoms with Gasteiger partial charge in [-0.3, -0.25) is 5.32 Å².